The highest BCUT2D eigenvalue weighted by Crippen LogP contribution is 2.37. The van der Waals surface area contributed by atoms with Gasteiger partial charge in [0.15, 0.2) is 0 Å². The van der Waals surface area contributed by atoms with E-state index in [9.17, 15) is 24.0 Å². The van der Waals surface area contributed by atoms with Crippen LogP contribution >= 0.6 is 0 Å². The van der Waals surface area contributed by atoms with Crippen LogP contribution in [-0.2, 0) is 39.9 Å². The summed E-state index contributed by atoms with van der Waals surface area (Å²) in [7, 11) is 0. The van der Waals surface area contributed by atoms with Gasteiger partial charge in [-0.1, -0.05) is 64.4 Å². The van der Waals surface area contributed by atoms with Crippen LogP contribution in [0.5, 0.6) is 0 Å². The quantitative estimate of drug-likeness (QED) is 0.247. The summed E-state index contributed by atoms with van der Waals surface area (Å²) in [5.41, 5.74) is 3.03. The third-order valence-corrected chi connectivity index (χ3v) is 8.88. The van der Waals surface area contributed by atoms with Crippen molar-refractivity contribution in [1.82, 2.24) is 26.3 Å². The lowest BCUT2D eigenvalue weighted by atomic mass is 9.85. The van der Waals surface area contributed by atoms with Gasteiger partial charge >= 0.3 is 6.09 Å². The summed E-state index contributed by atoms with van der Waals surface area (Å²) in [4.78, 5) is 74.6. The van der Waals surface area contributed by atoms with E-state index in [0.29, 0.717) is 25.9 Å². The molecule has 0 aromatic heterocycles. The second-order valence-corrected chi connectivity index (χ2v) is 14.1. The fraction of sp³-hybridized carbons (Fsp3) is 0.618. The molecule has 5 rings (SSSR count). The first-order valence-electron chi connectivity index (χ1n) is 16.6. The molecule has 5 atom stereocenters. The number of carbonyl (C=O) groups excluding carboxylic acids is 5. The zero-order valence-electron chi connectivity index (χ0n) is 27.6. The molecule has 1 aliphatic carbocycles. The monoisotopic (exact) mass is 653 g/mol. The number of ether oxygens (including phenoxy) is 2. The Morgan fingerprint density at radius 2 is 1.83 bits per heavy atom. The number of ketones is 1. The van der Waals surface area contributed by atoms with Gasteiger partial charge in [-0.2, -0.15) is 0 Å². The molecule has 47 heavy (non-hydrogen) atoms. The van der Waals surface area contributed by atoms with E-state index in [2.05, 4.69) is 21.4 Å². The molecule has 13 heteroatoms. The van der Waals surface area contributed by atoms with E-state index in [4.69, 9.17) is 14.3 Å². The molecule has 1 aromatic carbocycles. The summed E-state index contributed by atoms with van der Waals surface area (Å²) in [6.45, 7) is 8.10. The smallest absolute Gasteiger partial charge is 0.408 e. The highest BCUT2D eigenvalue weighted by Gasteiger charge is 2.54. The summed E-state index contributed by atoms with van der Waals surface area (Å²) in [6, 6.07) is 6.65. The molecule has 1 spiro atoms. The summed E-state index contributed by atoms with van der Waals surface area (Å²) in [5.74, 6) is -2.50. The summed E-state index contributed by atoms with van der Waals surface area (Å²) in [5, 5.41) is 8.22. The molecular formula is C34H47N5O8. The lowest BCUT2D eigenvalue weighted by Crippen LogP contribution is -2.59. The van der Waals surface area contributed by atoms with E-state index in [1.54, 1.807) is 0 Å². The lowest BCUT2D eigenvalue weighted by molar-refractivity contribution is -0.144. The summed E-state index contributed by atoms with van der Waals surface area (Å²) in [6.07, 6.45) is 4.42. The average molecular weight is 654 g/mol. The Labute approximate surface area is 275 Å². The predicted molar refractivity (Wildman–Crippen MR) is 170 cm³/mol. The number of rotatable bonds is 12. The Balaban J connectivity index is 1.38. The maximum Gasteiger partial charge on any atom is 0.408 e. The largest absolute Gasteiger partial charge is 0.444 e. The Hall–Kier alpha value is -3.97. The molecule has 2 saturated heterocycles. The van der Waals surface area contributed by atoms with Crippen LogP contribution in [0.2, 0.25) is 0 Å². The van der Waals surface area contributed by atoms with Gasteiger partial charge in [0.1, 0.15) is 23.8 Å². The zero-order valence-corrected chi connectivity index (χ0v) is 27.6. The van der Waals surface area contributed by atoms with Gasteiger partial charge in [-0.05, 0) is 36.3 Å². The van der Waals surface area contributed by atoms with Gasteiger partial charge in [-0.25, -0.2) is 4.79 Å². The first-order chi connectivity index (χ1) is 22.4. The number of hydrogen-bond donors (Lipinski definition) is 4. The molecule has 3 heterocycles. The first-order valence-corrected chi connectivity index (χ1v) is 16.6. The highest BCUT2D eigenvalue weighted by atomic mass is 16.7. The maximum absolute atomic E-state index is 14.4. The fourth-order valence-corrected chi connectivity index (χ4v) is 6.18. The van der Waals surface area contributed by atoms with Crippen molar-refractivity contribution in [2.24, 2.45) is 5.41 Å². The Kier molecular flexibility index (Phi) is 10.5. The lowest BCUT2D eigenvalue weighted by Gasteiger charge is -2.35. The normalized spacial score (nSPS) is 25.0. The third-order valence-electron chi connectivity index (χ3n) is 8.88. The Morgan fingerprint density at radius 1 is 1.09 bits per heavy atom. The molecule has 13 nitrogen and oxygen atoms in total. The van der Waals surface area contributed by atoms with Crippen molar-refractivity contribution in [3.8, 4) is 0 Å². The number of nitrogens with zero attached hydrogens (tertiary/aromatic N) is 1. The van der Waals surface area contributed by atoms with Gasteiger partial charge in [0.05, 0.1) is 25.8 Å². The van der Waals surface area contributed by atoms with Crippen LogP contribution in [0.4, 0.5) is 4.79 Å². The molecule has 4 amide bonds. The molecule has 1 aromatic rings. The number of alkyl carbamates (subject to hydrolysis) is 1. The number of nitrogens with one attached hydrogen (secondary N) is 4. The molecule has 1 saturated carbocycles. The Morgan fingerprint density at radius 3 is 2.47 bits per heavy atom. The second kappa shape index (κ2) is 14.4. The van der Waals surface area contributed by atoms with Crippen LogP contribution in [0.1, 0.15) is 71.8 Å². The summed E-state index contributed by atoms with van der Waals surface area (Å²) < 4.78 is 10.8. The van der Waals surface area contributed by atoms with Crippen molar-refractivity contribution in [3.63, 3.8) is 0 Å². The number of carbonyl (C=O) groups is 5. The van der Waals surface area contributed by atoms with Crippen LogP contribution in [0.3, 0.4) is 0 Å². The number of allylic oxidation sites excluding steroid dienone is 1. The van der Waals surface area contributed by atoms with Crippen LogP contribution in [0, 0.1) is 5.41 Å². The van der Waals surface area contributed by atoms with E-state index in [0.717, 1.165) is 24.1 Å². The predicted octanol–water partition coefficient (Wildman–Crippen LogP) is 2.05. The molecule has 0 unspecified atom stereocenters. The van der Waals surface area contributed by atoms with E-state index in [1.807, 2.05) is 64.1 Å². The SMILES string of the molecule is CCC[C@H](NC(=O)[C@@H]1C[C@]2(C=C(Cc3ccccc3)NO2)CN1C(=O)[C@@H](NC(=O)O[C@H]1CCOC1)C(C)(C)C)C(=O)C(=O)NC1CC1. The highest BCUT2D eigenvalue weighted by molar-refractivity contribution is 6.38. The van der Waals surface area contributed by atoms with E-state index < -0.39 is 64.8 Å². The molecule has 3 fully saturated rings. The molecule has 4 aliphatic rings. The zero-order chi connectivity index (χ0) is 33.8. The van der Waals surface area contributed by atoms with Crippen LogP contribution < -0.4 is 21.4 Å². The van der Waals surface area contributed by atoms with Gasteiger partial charge in [0.25, 0.3) is 5.91 Å². The number of hydroxylamine groups is 1. The number of Topliss-reactive ketones (excluding diaryl/α,β-unsaturated/α-hetero) is 1. The first kappa shape index (κ1) is 34.4. The average Bonchev–Trinajstić information content (AvgIpc) is 3.37. The number of likely N-dealkylation sites (tertiary alicyclic amines) is 1. The standard InChI is InChI=1S/C34H47N5O8/c1-5-9-25(27(40)30(42)35-22-12-13-22)36-29(41)26-18-34(17-23(38-47-34)16-21-10-7-6-8-11-21)20-39(26)31(43)28(33(2,3)4)37-32(44)46-24-14-15-45-19-24/h6-8,10-11,17,22,24-26,28,38H,5,9,12-16,18-20H2,1-4H3,(H,35,42)(H,36,41)(H,37,44)/t24-,25-,26-,28+,34+/m0/s1. The van der Waals surface area contributed by atoms with Crippen molar-refractivity contribution in [1.29, 1.82) is 0 Å². The van der Waals surface area contributed by atoms with Crippen molar-refractivity contribution >= 4 is 29.6 Å². The van der Waals surface area contributed by atoms with Crippen molar-refractivity contribution in [3.05, 3.63) is 47.7 Å². The van der Waals surface area contributed by atoms with Gasteiger partial charge in [0, 0.05) is 31.0 Å². The second-order valence-electron chi connectivity index (χ2n) is 14.1. The van der Waals surface area contributed by atoms with Crippen LogP contribution in [0.25, 0.3) is 0 Å². The van der Waals surface area contributed by atoms with Gasteiger partial charge in [-0.15, -0.1) is 0 Å². The van der Waals surface area contributed by atoms with Gasteiger partial charge in [0.2, 0.25) is 17.6 Å². The topological polar surface area (TPSA) is 164 Å². The number of amides is 4. The van der Waals surface area contributed by atoms with Crippen molar-refractivity contribution < 1.29 is 38.3 Å². The van der Waals surface area contributed by atoms with Gasteiger partial charge in [-0.3, -0.25) is 29.5 Å². The van der Waals surface area contributed by atoms with Crippen molar-refractivity contribution in [2.45, 2.75) is 109 Å². The molecule has 0 radical (unpaired) electrons. The third kappa shape index (κ3) is 8.69. The molecular weight excluding hydrogens is 606 g/mol. The molecule has 256 valence electrons. The Bertz CT molecular complexity index is 1370. The molecule has 4 N–H and O–H groups in total. The minimum atomic E-state index is -1.05. The minimum Gasteiger partial charge on any atom is -0.444 e. The number of benzene rings is 1. The maximum atomic E-state index is 14.4. The van der Waals surface area contributed by atoms with E-state index >= 15 is 0 Å². The van der Waals surface area contributed by atoms with Crippen molar-refractivity contribution in [2.75, 3.05) is 19.8 Å². The fourth-order valence-electron chi connectivity index (χ4n) is 6.18. The van der Waals surface area contributed by atoms with Gasteiger partial charge < -0.3 is 30.3 Å². The number of hydrogen-bond acceptors (Lipinski definition) is 9. The summed E-state index contributed by atoms with van der Waals surface area (Å²) >= 11 is 0. The molecule has 0 bridgehead atoms. The van der Waals surface area contributed by atoms with Crippen LogP contribution in [-0.4, -0.2) is 90.1 Å². The van der Waals surface area contributed by atoms with E-state index in [-0.39, 0.29) is 32.0 Å². The molecule has 3 aliphatic heterocycles. The van der Waals surface area contributed by atoms with E-state index in [1.165, 1.54) is 4.90 Å². The minimum absolute atomic E-state index is 0.00849. The van der Waals surface area contributed by atoms with Crippen LogP contribution in [0.15, 0.2) is 42.1 Å².